The monoisotopic (exact) mass is 384 g/mol. The Morgan fingerprint density at radius 2 is 1.85 bits per heavy atom. The number of nitrogens with one attached hydrogen (secondary N) is 1. The lowest BCUT2D eigenvalue weighted by Crippen LogP contribution is -2.42. The first-order valence-electron chi connectivity index (χ1n) is 9.25. The van der Waals surface area contributed by atoms with Crippen LogP contribution < -0.4 is 20.5 Å². The van der Waals surface area contributed by atoms with Crippen molar-refractivity contribution in [1.29, 1.82) is 0 Å². The van der Waals surface area contributed by atoms with Crippen LogP contribution >= 0.6 is 12.4 Å². The summed E-state index contributed by atoms with van der Waals surface area (Å²) in [6.45, 7) is 2.60. The van der Waals surface area contributed by atoms with Crippen molar-refractivity contribution in [3.05, 3.63) is 23.8 Å². The predicted octanol–water partition coefficient (Wildman–Crippen LogP) is 3.57. The fourth-order valence-corrected chi connectivity index (χ4v) is 3.68. The zero-order valence-corrected chi connectivity index (χ0v) is 17.0. The fraction of sp³-hybridized carbons (Fsp3) is 0.650. The summed E-state index contributed by atoms with van der Waals surface area (Å²) in [6.07, 6.45) is 6.99. The van der Waals surface area contributed by atoms with Crippen LogP contribution in [0.1, 0.15) is 57.4 Å². The molecule has 1 aromatic rings. The van der Waals surface area contributed by atoms with Gasteiger partial charge in [0.2, 0.25) is 5.91 Å². The lowest BCUT2D eigenvalue weighted by atomic mass is 9.69. The van der Waals surface area contributed by atoms with E-state index in [-0.39, 0.29) is 29.8 Å². The molecule has 1 atom stereocenters. The average molecular weight is 385 g/mol. The Balaban J connectivity index is 0.00000338. The number of hydrogen-bond acceptors (Lipinski definition) is 4. The molecule has 0 saturated heterocycles. The number of carbonyl (C=O) groups excluding carboxylic acids is 1. The van der Waals surface area contributed by atoms with Gasteiger partial charge in [-0.3, -0.25) is 4.79 Å². The van der Waals surface area contributed by atoms with Crippen LogP contribution in [0.3, 0.4) is 0 Å². The molecule has 0 radical (unpaired) electrons. The van der Waals surface area contributed by atoms with Crippen molar-refractivity contribution in [3.63, 3.8) is 0 Å². The Morgan fingerprint density at radius 3 is 2.42 bits per heavy atom. The lowest BCUT2D eigenvalue weighted by Gasteiger charge is -2.38. The van der Waals surface area contributed by atoms with Crippen molar-refractivity contribution in [2.45, 2.75) is 63.3 Å². The maximum absolute atomic E-state index is 12.2. The number of rotatable bonds is 8. The van der Waals surface area contributed by atoms with Crippen molar-refractivity contribution in [3.8, 4) is 11.5 Å². The SMILES string of the molecule is COc1ccc(C2(CNC(=O)CCC(C)N)CCCCC2)cc1OC.Cl. The Bertz CT molecular complexity index is 572. The van der Waals surface area contributed by atoms with Crippen LogP contribution in [0, 0.1) is 0 Å². The minimum absolute atomic E-state index is 0. The number of methoxy groups -OCH3 is 2. The molecule has 1 unspecified atom stereocenters. The van der Waals surface area contributed by atoms with Gasteiger partial charge in [-0.1, -0.05) is 25.3 Å². The summed E-state index contributed by atoms with van der Waals surface area (Å²) in [4.78, 5) is 12.2. The van der Waals surface area contributed by atoms with Gasteiger partial charge in [0.05, 0.1) is 14.2 Å². The van der Waals surface area contributed by atoms with Crippen LogP contribution in [0.15, 0.2) is 18.2 Å². The third-order valence-corrected chi connectivity index (χ3v) is 5.26. The summed E-state index contributed by atoms with van der Waals surface area (Å²) < 4.78 is 10.8. The van der Waals surface area contributed by atoms with Crippen LogP contribution in [-0.4, -0.2) is 32.7 Å². The van der Waals surface area contributed by atoms with Gasteiger partial charge in [-0.05, 0) is 43.9 Å². The van der Waals surface area contributed by atoms with Crippen LogP contribution in [0.25, 0.3) is 0 Å². The van der Waals surface area contributed by atoms with Gasteiger partial charge in [-0.15, -0.1) is 12.4 Å². The van der Waals surface area contributed by atoms with Gasteiger partial charge < -0.3 is 20.5 Å². The molecule has 0 aliphatic heterocycles. The molecule has 1 amide bonds. The van der Waals surface area contributed by atoms with E-state index in [1.807, 2.05) is 13.0 Å². The number of carbonyl (C=O) groups is 1. The predicted molar refractivity (Wildman–Crippen MR) is 107 cm³/mol. The van der Waals surface area contributed by atoms with Crippen LogP contribution in [0.4, 0.5) is 0 Å². The highest BCUT2D eigenvalue weighted by atomic mass is 35.5. The number of halogens is 1. The van der Waals surface area contributed by atoms with E-state index in [0.29, 0.717) is 13.0 Å². The number of hydrogen-bond donors (Lipinski definition) is 2. The third-order valence-electron chi connectivity index (χ3n) is 5.26. The Hall–Kier alpha value is -1.46. The number of benzene rings is 1. The third kappa shape index (κ3) is 5.78. The highest BCUT2D eigenvalue weighted by molar-refractivity contribution is 5.85. The van der Waals surface area contributed by atoms with E-state index in [9.17, 15) is 4.79 Å². The number of nitrogens with two attached hydrogens (primary N) is 1. The minimum Gasteiger partial charge on any atom is -0.493 e. The average Bonchev–Trinajstić information content (AvgIpc) is 2.64. The molecule has 0 heterocycles. The van der Waals surface area contributed by atoms with E-state index in [4.69, 9.17) is 15.2 Å². The highest BCUT2D eigenvalue weighted by Gasteiger charge is 2.35. The Labute approximate surface area is 163 Å². The first-order chi connectivity index (χ1) is 12.0. The number of amides is 1. The van der Waals surface area contributed by atoms with Crippen molar-refractivity contribution >= 4 is 18.3 Å². The summed E-state index contributed by atoms with van der Waals surface area (Å²) >= 11 is 0. The van der Waals surface area contributed by atoms with Crippen LogP contribution in [0.5, 0.6) is 11.5 Å². The van der Waals surface area contributed by atoms with E-state index in [0.717, 1.165) is 30.8 Å². The van der Waals surface area contributed by atoms with Crippen LogP contribution in [0.2, 0.25) is 0 Å². The Morgan fingerprint density at radius 1 is 1.19 bits per heavy atom. The fourth-order valence-electron chi connectivity index (χ4n) is 3.68. The molecule has 0 bridgehead atoms. The van der Waals surface area contributed by atoms with Crippen molar-refractivity contribution in [1.82, 2.24) is 5.32 Å². The van der Waals surface area contributed by atoms with Gasteiger partial charge in [0.1, 0.15) is 0 Å². The van der Waals surface area contributed by atoms with Crippen LogP contribution in [-0.2, 0) is 10.2 Å². The summed E-state index contributed by atoms with van der Waals surface area (Å²) in [5.41, 5.74) is 6.94. The van der Waals surface area contributed by atoms with E-state index in [1.165, 1.54) is 24.8 Å². The Kier molecular flexibility index (Phi) is 9.23. The first kappa shape index (κ1) is 22.6. The minimum atomic E-state index is -0.0260. The topological polar surface area (TPSA) is 73.6 Å². The van der Waals surface area contributed by atoms with E-state index in [2.05, 4.69) is 17.4 Å². The standard InChI is InChI=1S/C20H32N2O3.ClH/c1-15(21)7-10-19(23)22-14-20(11-5-4-6-12-20)16-8-9-17(24-2)18(13-16)25-3;/h8-9,13,15H,4-7,10-12,14,21H2,1-3H3,(H,22,23);1H. The molecular weight excluding hydrogens is 352 g/mol. The molecule has 1 aliphatic rings. The van der Waals surface area contributed by atoms with Crippen molar-refractivity contribution in [2.24, 2.45) is 5.73 Å². The molecule has 1 aliphatic carbocycles. The molecule has 1 aromatic carbocycles. The number of ether oxygens (including phenoxy) is 2. The first-order valence-corrected chi connectivity index (χ1v) is 9.25. The zero-order valence-electron chi connectivity index (χ0n) is 16.2. The van der Waals surface area contributed by atoms with Gasteiger partial charge in [0.15, 0.2) is 11.5 Å². The van der Waals surface area contributed by atoms with E-state index in [1.54, 1.807) is 14.2 Å². The molecule has 5 nitrogen and oxygen atoms in total. The molecule has 1 saturated carbocycles. The second-order valence-corrected chi connectivity index (χ2v) is 7.20. The zero-order chi connectivity index (χ0) is 18.3. The van der Waals surface area contributed by atoms with Gasteiger partial charge in [-0.25, -0.2) is 0 Å². The van der Waals surface area contributed by atoms with Gasteiger partial charge >= 0.3 is 0 Å². The molecule has 0 spiro atoms. The van der Waals surface area contributed by atoms with E-state index < -0.39 is 0 Å². The molecule has 3 N–H and O–H groups in total. The lowest BCUT2D eigenvalue weighted by molar-refractivity contribution is -0.121. The van der Waals surface area contributed by atoms with Crippen molar-refractivity contribution in [2.75, 3.05) is 20.8 Å². The molecule has 148 valence electrons. The smallest absolute Gasteiger partial charge is 0.220 e. The van der Waals surface area contributed by atoms with E-state index >= 15 is 0 Å². The maximum atomic E-state index is 12.2. The maximum Gasteiger partial charge on any atom is 0.220 e. The second kappa shape index (κ2) is 10.6. The summed E-state index contributed by atoms with van der Waals surface area (Å²) in [5, 5.41) is 3.15. The van der Waals surface area contributed by atoms with Gasteiger partial charge in [0, 0.05) is 24.4 Å². The highest BCUT2D eigenvalue weighted by Crippen LogP contribution is 2.42. The summed E-state index contributed by atoms with van der Waals surface area (Å²) in [7, 11) is 3.30. The van der Waals surface area contributed by atoms with Crippen molar-refractivity contribution < 1.29 is 14.3 Å². The molecule has 1 fully saturated rings. The molecule has 26 heavy (non-hydrogen) atoms. The quantitative estimate of drug-likeness (QED) is 0.718. The molecular formula is C20H33ClN2O3. The molecule has 2 rings (SSSR count). The molecule has 0 aromatic heterocycles. The summed E-state index contributed by atoms with van der Waals surface area (Å²) in [5.74, 6) is 1.56. The van der Waals surface area contributed by atoms with Gasteiger partial charge in [-0.2, -0.15) is 0 Å². The normalized spacial score (nSPS) is 16.9. The second-order valence-electron chi connectivity index (χ2n) is 7.20. The largest absolute Gasteiger partial charge is 0.493 e. The molecule has 6 heteroatoms. The summed E-state index contributed by atoms with van der Waals surface area (Å²) in [6, 6.07) is 6.20. The van der Waals surface area contributed by atoms with Gasteiger partial charge in [0.25, 0.3) is 0 Å².